The molecule has 164 valence electrons. The van der Waals surface area contributed by atoms with E-state index in [4.69, 9.17) is 23.2 Å². The second kappa shape index (κ2) is 8.30. The minimum absolute atomic E-state index is 0.235. The Morgan fingerprint density at radius 3 is 2.24 bits per heavy atom. The number of amides is 3. The first-order valence-electron chi connectivity index (χ1n) is 10.1. The van der Waals surface area contributed by atoms with E-state index < -0.39 is 17.7 Å². The van der Waals surface area contributed by atoms with Gasteiger partial charge in [0.2, 0.25) is 0 Å². The van der Waals surface area contributed by atoms with Gasteiger partial charge in [-0.15, -0.1) is 11.3 Å². The van der Waals surface area contributed by atoms with Crippen LogP contribution in [0.4, 0.5) is 5.69 Å². The number of hydrogen-bond donors (Lipinski definition) is 0. The number of para-hydroxylation sites is 1. The number of anilines is 1. The lowest BCUT2D eigenvalue weighted by atomic mass is 10.1. The molecule has 0 bridgehead atoms. The van der Waals surface area contributed by atoms with Crippen LogP contribution in [-0.4, -0.2) is 29.3 Å². The van der Waals surface area contributed by atoms with Crippen molar-refractivity contribution in [2.75, 3.05) is 11.6 Å². The van der Waals surface area contributed by atoms with Crippen LogP contribution in [0.15, 0.2) is 66.7 Å². The molecule has 2 heterocycles. The van der Waals surface area contributed by atoms with Crippen LogP contribution in [0.2, 0.25) is 10.0 Å². The highest BCUT2D eigenvalue weighted by Crippen LogP contribution is 2.38. The van der Waals surface area contributed by atoms with Crippen LogP contribution < -0.4 is 4.90 Å². The summed E-state index contributed by atoms with van der Waals surface area (Å²) in [5, 5.41) is 1.58. The number of carbonyl (C=O) groups is 3. The zero-order valence-corrected chi connectivity index (χ0v) is 19.7. The van der Waals surface area contributed by atoms with Crippen LogP contribution in [0, 0.1) is 6.92 Å². The third-order valence-electron chi connectivity index (χ3n) is 5.60. The normalized spacial score (nSPS) is 13.0. The SMILES string of the molecule is Cc1ccccc1N(CN1C(=O)c2ccccc2C1=O)C(=O)c1sc2cc(Cl)ccc2c1Cl. The lowest BCUT2D eigenvalue weighted by molar-refractivity contribution is 0.0650. The van der Waals surface area contributed by atoms with Gasteiger partial charge in [0.1, 0.15) is 11.5 Å². The molecule has 0 unspecified atom stereocenters. The van der Waals surface area contributed by atoms with Crippen molar-refractivity contribution in [1.29, 1.82) is 0 Å². The zero-order chi connectivity index (χ0) is 23.3. The molecule has 8 heteroatoms. The van der Waals surface area contributed by atoms with Crippen molar-refractivity contribution in [1.82, 2.24) is 4.90 Å². The summed E-state index contributed by atoms with van der Waals surface area (Å²) >= 11 is 13.9. The largest absolute Gasteiger partial charge is 0.289 e. The maximum Gasteiger partial charge on any atom is 0.271 e. The molecule has 33 heavy (non-hydrogen) atoms. The molecular formula is C25H16Cl2N2O3S. The van der Waals surface area contributed by atoms with E-state index in [9.17, 15) is 14.4 Å². The van der Waals surface area contributed by atoms with E-state index in [0.29, 0.717) is 31.7 Å². The van der Waals surface area contributed by atoms with Gasteiger partial charge in [-0.1, -0.05) is 59.6 Å². The van der Waals surface area contributed by atoms with Crippen LogP contribution in [0.3, 0.4) is 0 Å². The number of nitrogens with zero attached hydrogens (tertiary/aromatic N) is 2. The first-order chi connectivity index (χ1) is 15.9. The number of benzene rings is 3. The highest BCUT2D eigenvalue weighted by Gasteiger charge is 2.38. The van der Waals surface area contributed by atoms with Gasteiger partial charge < -0.3 is 0 Å². The molecule has 0 fully saturated rings. The van der Waals surface area contributed by atoms with Crippen molar-refractivity contribution in [3.63, 3.8) is 0 Å². The number of thiophene rings is 1. The van der Waals surface area contributed by atoms with Gasteiger partial charge in [0.15, 0.2) is 0 Å². The molecule has 4 aromatic rings. The van der Waals surface area contributed by atoms with Crippen molar-refractivity contribution in [2.45, 2.75) is 6.92 Å². The first kappa shape index (κ1) is 21.6. The van der Waals surface area contributed by atoms with Gasteiger partial charge in [0.05, 0.1) is 16.1 Å². The summed E-state index contributed by atoms with van der Waals surface area (Å²) in [6.45, 7) is 1.63. The van der Waals surface area contributed by atoms with Gasteiger partial charge in [0.25, 0.3) is 17.7 Å². The number of aryl methyl sites for hydroxylation is 1. The van der Waals surface area contributed by atoms with E-state index >= 15 is 0 Å². The molecule has 1 aromatic heterocycles. The summed E-state index contributed by atoms with van der Waals surface area (Å²) < 4.78 is 0.779. The number of carbonyl (C=O) groups excluding carboxylic acids is 3. The Bertz CT molecular complexity index is 1430. The Morgan fingerprint density at radius 2 is 1.58 bits per heavy atom. The van der Waals surface area contributed by atoms with Crippen LogP contribution >= 0.6 is 34.5 Å². The summed E-state index contributed by atoms with van der Waals surface area (Å²) in [5.41, 5.74) is 2.07. The summed E-state index contributed by atoms with van der Waals surface area (Å²) in [5.74, 6) is -1.27. The molecule has 0 saturated heterocycles. The minimum atomic E-state index is -0.434. The molecule has 3 amide bonds. The van der Waals surface area contributed by atoms with Gasteiger partial charge in [-0.2, -0.15) is 0 Å². The smallest absolute Gasteiger partial charge is 0.271 e. The zero-order valence-electron chi connectivity index (χ0n) is 17.3. The second-order valence-electron chi connectivity index (χ2n) is 7.63. The molecule has 0 atom stereocenters. The Labute approximate surface area is 203 Å². The highest BCUT2D eigenvalue weighted by molar-refractivity contribution is 7.21. The van der Waals surface area contributed by atoms with Crippen molar-refractivity contribution >= 4 is 68.0 Å². The summed E-state index contributed by atoms with van der Waals surface area (Å²) in [6, 6.07) is 19.2. The molecule has 0 saturated carbocycles. The Morgan fingerprint density at radius 1 is 0.939 bits per heavy atom. The Balaban J connectivity index is 1.59. The van der Waals surface area contributed by atoms with E-state index in [-0.39, 0.29) is 6.67 Å². The number of rotatable bonds is 4. The molecule has 5 rings (SSSR count). The third-order valence-corrected chi connectivity index (χ3v) is 7.48. The second-order valence-corrected chi connectivity index (χ2v) is 9.50. The molecule has 1 aliphatic rings. The van der Waals surface area contributed by atoms with E-state index in [2.05, 4.69) is 0 Å². The maximum atomic E-state index is 13.8. The standard InChI is InChI=1S/C25H16Cl2N2O3S/c1-14-6-2-5-9-19(14)28(13-29-23(30)16-7-3-4-8-17(16)24(29)31)25(32)22-21(27)18-11-10-15(26)12-20(18)33-22/h2-12H,13H2,1H3. The number of imide groups is 1. The van der Waals surface area contributed by atoms with Gasteiger partial charge >= 0.3 is 0 Å². The van der Waals surface area contributed by atoms with Gasteiger partial charge in [-0.25, -0.2) is 0 Å². The van der Waals surface area contributed by atoms with Gasteiger partial charge in [-0.3, -0.25) is 24.2 Å². The predicted molar refractivity (Wildman–Crippen MR) is 132 cm³/mol. The monoisotopic (exact) mass is 494 g/mol. The number of hydrogen-bond acceptors (Lipinski definition) is 4. The fourth-order valence-corrected chi connectivity index (χ4v) is 5.66. The van der Waals surface area contributed by atoms with E-state index in [1.807, 2.05) is 19.1 Å². The van der Waals surface area contributed by atoms with Crippen molar-refractivity contribution in [2.24, 2.45) is 0 Å². The summed E-state index contributed by atoms with van der Waals surface area (Å²) in [6.07, 6.45) is 0. The summed E-state index contributed by atoms with van der Waals surface area (Å²) in [7, 11) is 0. The van der Waals surface area contributed by atoms with E-state index in [0.717, 1.165) is 20.5 Å². The van der Waals surface area contributed by atoms with Gasteiger partial charge in [0, 0.05) is 20.8 Å². The average molecular weight is 495 g/mol. The molecule has 1 aliphatic heterocycles. The Kier molecular flexibility index (Phi) is 5.44. The lowest BCUT2D eigenvalue weighted by Crippen LogP contribution is -2.44. The lowest BCUT2D eigenvalue weighted by Gasteiger charge is -2.28. The van der Waals surface area contributed by atoms with Crippen molar-refractivity contribution in [3.05, 3.63) is 98.3 Å². The molecular weight excluding hydrogens is 479 g/mol. The quantitative estimate of drug-likeness (QED) is 0.307. The topological polar surface area (TPSA) is 57.7 Å². The molecule has 0 N–H and O–H groups in total. The van der Waals surface area contributed by atoms with E-state index in [1.165, 1.54) is 16.2 Å². The molecule has 5 nitrogen and oxygen atoms in total. The van der Waals surface area contributed by atoms with E-state index in [1.54, 1.807) is 54.6 Å². The highest BCUT2D eigenvalue weighted by atomic mass is 35.5. The molecule has 0 radical (unpaired) electrons. The van der Waals surface area contributed by atoms with Crippen LogP contribution in [0.1, 0.15) is 36.0 Å². The fourth-order valence-electron chi connectivity index (χ4n) is 3.92. The van der Waals surface area contributed by atoms with Gasteiger partial charge in [-0.05, 0) is 42.8 Å². The third kappa shape index (κ3) is 3.60. The summed E-state index contributed by atoms with van der Waals surface area (Å²) in [4.78, 5) is 42.6. The Hall–Kier alpha value is -3.19. The molecule has 3 aromatic carbocycles. The van der Waals surface area contributed by atoms with Crippen LogP contribution in [0.25, 0.3) is 10.1 Å². The average Bonchev–Trinajstić information content (AvgIpc) is 3.26. The molecule has 0 spiro atoms. The maximum absolute atomic E-state index is 13.8. The number of fused-ring (bicyclic) bond motifs is 2. The number of halogens is 2. The minimum Gasteiger partial charge on any atom is -0.289 e. The fraction of sp³-hybridized carbons (Fsp3) is 0.0800. The van der Waals surface area contributed by atoms with Crippen molar-refractivity contribution < 1.29 is 14.4 Å². The van der Waals surface area contributed by atoms with Crippen LogP contribution in [0.5, 0.6) is 0 Å². The van der Waals surface area contributed by atoms with Crippen LogP contribution in [-0.2, 0) is 0 Å². The first-order valence-corrected chi connectivity index (χ1v) is 11.6. The molecule has 0 aliphatic carbocycles. The predicted octanol–water partition coefficient (Wildman–Crippen LogP) is 6.42. The van der Waals surface area contributed by atoms with Crippen molar-refractivity contribution in [3.8, 4) is 0 Å².